The number of carbonyl (C=O) groups is 1. The molecule has 128 valence electrons. The largest absolute Gasteiger partial charge is 0.444 e. The Morgan fingerprint density at radius 1 is 1.14 bits per heavy atom. The first-order valence-corrected chi connectivity index (χ1v) is 8.87. The van der Waals surface area contributed by atoms with Crippen molar-refractivity contribution in [2.45, 2.75) is 77.0 Å². The first-order chi connectivity index (χ1) is 10.4. The lowest BCUT2D eigenvalue weighted by atomic mass is 9.87. The van der Waals surface area contributed by atoms with E-state index in [1.807, 2.05) is 20.8 Å². The van der Waals surface area contributed by atoms with Gasteiger partial charge in [0.2, 0.25) is 0 Å². The molecule has 0 spiro atoms. The van der Waals surface area contributed by atoms with E-state index in [-0.39, 0.29) is 12.1 Å². The number of rotatable bonds is 6. The van der Waals surface area contributed by atoms with Crippen LogP contribution in [0.2, 0.25) is 0 Å². The lowest BCUT2D eigenvalue weighted by Gasteiger charge is -2.37. The predicted molar refractivity (Wildman–Crippen MR) is 89.1 cm³/mol. The van der Waals surface area contributed by atoms with Gasteiger partial charge in [0.1, 0.15) is 5.60 Å². The van der Waals surface area contributed by atoms with Crippen LogP contribution in [-0.4, -0.2) is 54.9 Å². The Labute approximate surface area is 135 Å². The molecule has 2 aliphatic rings. The Morgan fingerprint density at radius 3 is 2.45 bits per heavy atom. The van der Waals surface area contributed by atoms with E-state index in [0.29, 0.717) is 6.04 Å². The van der Waals surface area contributed by atoms with Gasteiger partial charge in [-0.1, -0.05) is 6.42 Å². The van der Waals surface area contributed by atoms with E-state index in [9.17, 15) is 4.79 Å². The summed E-state index contributed by atoms with van der Waals surface area (Å²) in [5.41, 5.74) is -0.417. The van der Waals surface area contributed by atoms with Gasteiger partial charge in [0.15, 0.2) is 0 Å². The van der Waals surface area contributed by atoms with Crippen molar-refractivity contribution in [1.82, 2.24) is 15.5 Å². The number of alkyl carbamates (subject to hydrolysis) is 1. The quantitative estimate of drug-likeness (QED) is 0.740. The van der Waals surface area contributed by atoms with Crippen molar-refractivity contribution >= 4 is 6.09 Å². The smallest absolute Gasteiger partial charge is 0.407 e. The number of amides is 1. The molecule has 1 saturated heterocycles. The standard InChI is InChI=1S/C17H33N3O2/c1-17(2,3)22-16(21)19-15-12-14(13-15)18-8-7-11-20-9-5-4-6-10-20/h14-15,18H,4-13H2,1-3H3,(H,19,21). The Bertz CT molecular complexity index is 342. The summed E-state index contributed by atoms with van der Waals surface area (Å²) in [4.78, 5) is 14.2. The van der Waals surface area contributed by atoms with Gasteiger partial charge in [-0.2, -0.15) is 0 Å². The molecule has 1 saturated carbocycles. The van der Waals surface area contributed by atoms with Crippen LogP contribution in [0.15, 0.2) is 0 Å². The van der Waals surface area contributed by atoms with E-state index in [2.05, 4.69) is 15.5 Å². The van der Waals surface area contributed by atoms with Gasteiger partial charge in [-0.25, -0.2) is 4.79 Å². The van der Waals surface area contributed by atoms with Gasteiger partial charge >= 0.3 is 6.09 Å². The van der Waals surface area contributed by atoms with Crippen molar-refractivity contribution in [3.05, 3.63) is 0 Å². The van der Waals surface area contributed by atoms with Crippen molar-refractivity contribution in [3.8, 4) is 0 Å². The molecule has 2 fully saturated rings. The molecular formula is C17H33N3O2. The number of nitrogens with one attached hydrogen (secondary N) is 2. The van der Waals surface area contributed by atoms with E-state index < -0.39 is 5.60 Å². The van der Waals surface area contributed by atoms with Gasteiger partial charge in [0.25, 0.3) is 0 Å². The second-order valence-corrected chi connectivity index (χ2v) is 7.72. The second kappa shape index (κ2) is 8.16. The fourth-order valence-electron chi connectivity index (χ4n) is 3.17. The van der Waals surface area contributed by atoms with Crippen LogP contribution in [-0.2, 0) is 4.74 Å². The molecule has 5 nitrogen and oxygen atoms in total. The van der Waals surface area contributed by atoms with E-state index in [1.165, 1.54) is 45.3 Å². The third-order valence-electron chi connectivity index (χ3n) is 4.39. The number of hydrogen-bond acceptors (Lipinski definition) is 4. The zero-order valence-electron chi connectivity index (χ0n) is 14.5. The van der Waals surface area contributed by atoms with Gasteiger partial charge in [0, 0.05) is 12.1 Å². The van der Waals surface area contributed by atoms with Crippen molar-refractivity contribution in [2.24, 2.45) is 0 Å². The van der Waals surface area contributed by atoms with E-state index >= 15 is 0 Å². The average molecular weight is 311 g/mol. The van der Waals surface area contributed by atoms with Crippen LogP contribution in [0, 0.1) is 0 Å². The molecule has 0 aromatic heterocycles. The van der Waals surface area contributed by atoms with Crippen LogP contribution in [0.5, 0.6) is 0 Å². The molecule has 0 bridgehead atoms. The van der Waals surface area contributed by atoms with E-state index in [0.717, 1.165) is 19.4 Å². The summed E-state index contributed by atoms with van der Waals surface area (Å²) in [7, 11) is 0. The summed E-state index contributed by atoms with van der Waals surface area (Å²) in [6, 6.07) is 0.829. The second-order valence-electron chi connectivity index (χ2n) is 7.72. The Morgan fingerprint density at radius 2 is 1.82 bits per heavy atom. The number of hydrogen-bond donors (Lipinski definition) is 2. The van der Waals surface area contributed by atoms with Gasteiger partial charge in [0.05, 0.1) is 0 Å². The highest BCUT2D eigenvalue weighted by molar-refractivity contribution is 5.68. The summed E-state index contributed by atoms with van der Waals surface area (Å²) in [5, 5.41) is 6.53. The van der Waals surface area contributed by atoms with E-state index in [1.54, 1.807) is 0 Å². The van der Waals surface area contributed by atoms with Crippen molar-refractivity contribution in [3.63, 3.8) is 0 Å². The highest BCUT2D eigenvalue weighted by Gasteiger charge is 2.31. The first kappa shape index (κ1) is 17.5. The molecule has 0 unspecified atom stereocenters. The number of carbonyl (C=O) groups excluding carboxylic acids is 1. The van der Waals surface area contributed by atoms with Crippen molar-refractivity contribution in [2.75, 3.05) is 26.2 Å². The number of likely N-dealkylation sites (tertiary alicyclic amines) is 1. The maximum Gasteiger partial charge on any atom is 0.407 e. The lowest BCUT2D eigenvalue weighted by Crippen LogP contribution is -2.53. The minimum Gasteiger partial charge on any atom is -0.444 e. The van der Waals surface area contributed by atoms with Gasteiger partial charge in [-0.05, 0) is 79.1 Å². The zero-order valence-corrected chi connectivity index (χ0v) is 14.5. The topological polar surface area (TPSA) is 53.6 Å². The molecule has 1 amide bonds. The van der Waals surface area contributed by atoms with Crippen molar-refractivity contribution < 1.29 is 9.53 Å². The van der Waals surface area contributed by atoms with Gasteiger partial charge in [-0.3, -0.25) is 0 Å². The molecule has 1 aliphatic carbocycles. The zero-order chi connectivity index (χ0) is 16.0. The third kappa shape index (κ3) is 6.53. The minimum absolute atomic E-state index is 0.273. The molecule has 1 aliphatic heterocycles. The fraction of sp³-hybridized carbons (Fsp3) is 0.941. The highest BCUT2D eigenvalue weighted by Crippen LogP contribution is 2.20. The fourth-order valence-corrected chi connectivity index (χ4v) is 3.17. The Hall–Kier alpha value is -0.810. The van der Waals surface area contributed by atoms with Gasteiger partial charge in [-0.15, -0.1) is 0 Å². The normalized spacial score (nSPS) is 26.3. The summed E-state index contributed by atoms with van der Waals surface area (Å²) < 4.78 is 5.27. The molecule has 5 heteroatoms. The van der Waals surface area contributed by atoms with Gasteiger partial charge < -0.3 is 20.3 Å². The molecule has 2 rings (SSSR count). The number of ether oxygens (including phenoxy) is 1. The molecule has 0 atom stereocenters. The average Bonchev–Trinajstić information content (AvgIpc) is 2.39. The molecule has 0 aromatic rings. The molecule has 22 heavy (non-hydrogen) atoms. The Kier molecular flexibility index (Phi) is 6.50. The monoisotopic (exact) mass is 311 g/mol. The lowest BCUT2D eigenvalue weighted by molar-refractivity contribution is 0.0465. The van der Waals surface area contributed by atoms with Crippen LogP contribution in [0.3, 0.4) is 0 Å². The Balaban J connectivity index is 1.46. The summed E-state index contributed by atoms with van der Waals surface area (Å²) in [6.07, 6.45) is 7.11. The SMILES string of the molecule is CC(C)(C)OC(=O)NC1CC(NCCCN2CCCCC2)C1. The summed E-state index contributed by atoms with van der Waals surface area (Å²) in [6.45, 7) is 10.5. The molecule has 1 heterocycles. The number of nitrogens with zero attached hydrogens (tertiary/aromatic N) is 1. The van der Waals surface area contributed by atoms with Crippen LogP contribution in [0.1, 0.15) is 59.3 Å². The molecule has 0 radical (unpaired) electrons. The highest BCUT2D eigenvalue weighted by atomic mass is 16.6. The van der Waals surface area contributed by atoms with Crippen LogP contribution < -0.4 is 10.6 Å². The molecule has 2 N–H and O–H groups in total. The van der Waals surface area contributed by atoms with E-state index in [4.69, 9.17) is 4.74 Å². The first-order valence-electron chi connectivity index (χ1n) is 8.87. The molecule has 0 aromatic carbocycles. The molecular weight excluding hydrogens is 278 g/mol. The minimum atomic E-state index is -0.417. The van der Waals surface area contributed by atoms with Crippen molar-refractivity contribution in [1.29, 1.82) is 0 Å². The maximum absolute atomic E-state index is 11.6. The van der Waals surface area contributed by atoms with Crippen LogP contribution >= 0.6 is 0 Å². The van der Waals surface area contributed by atoms with Crippen LogP contribution in [0.25, 0.3) is 0 Å². The third-order valence-corrected chi connectivity index (χ3v) is 4.39. The predicted octanol–water partition coefficient (Wildman–Crippen LogP) is 2.51. The summed E-state index contributed by atoms with van der Waals surface area (Å²) in [5.74, 6) is 0. The van der Waals surface area contributed by atoms with Crippen LogP contribution in [0.4, 0.5) is 4.79 Å². The summed E-state index contributed by atoms with van der Waals surface area (Å²) >= 11 is 0. The number of piperidine rings is 1. The maximum atomic E-state index is 11.6.